The second-order valence-corrected chi connectivity index (χ2v) is 4.54. The fraction of sp³-hybridized carbons (Fsp3) is 0.571. The van der Waals surface area contributed by atoms with Crippen LogP contribution in [0.4, 0.5) is 0 Å². The summed E-state index contributed by atoms with van der Waals surface area (Å²) in [7, 11) is 0. The van der Waals surface area contributed by atoms with E-state index in [2.05, 4.69) is 17.4 Å². The molecule has 0 aliphatic heterocycles. The summed E-state index contributed by atoms with van der Waals surface area (Å²) in [6.07, 6.45) is 4.26. The first-order valence-corrected chi connectivity index (χ1v) is 6.27. The summed E-state index contributed by atoms with van der Waals surface area (Å²) >= 11 is 0. The molecule has 16 heavy (non-hydrogen) atoms. The molecule has 2 rings (SSSR count). The molecule has 2 heteroatoms. The van der Waals surface area contributed by atoms with Crippen LogP contribution < -0.4 is 5.32 Å². The van der Waals surface area contributed by atoms with Crippen molar-refractivity contribution in [1.82, 2.24) is 5.32 Å². The van der Waals surface area contributed by atoms with Crippen molar-refractivity contribution in [2.75, 3.05) is 19.7 Å². The monoisotopic (exact) mass is 219 g/mol. The third-order valence-electron chi connectivity index (χ3n) is 3.19. The highest BCUT2D eigenvalue weighted by Gasteiger charge is 2.15. The number of hydrogen-bond acceptors (Lipinski definition) is 2. The van der Waals surface area contributed by atoms with Crippen LogP contribution in [0.25, 0.3) is 0 Å². The molecule has 1 fully saturated rings. The summed E-state index contributed by atoms with van der Waals surface area (Å²) in [5, 5.41) is 3.45. The molecule has 2 nitrogen and oxygen atoms in total. The third-order valence-corrected chi connectivity index (χ3v) is 3.19. The van der Waals surface area contributed by atoms with E-state index in [9.17, 15) is 0 Å². The second-order valence-electron chi connectivity index (χ2n) is 4.54. The van der Waals surface area contributed by atoms with Gasteiger partial charge in [-0.2, -0.15) is 0 Å². The van der Waals surface area contributed by atoms with Crippen LogP contribution in [0.3, 0.4) is 0 Å². The Hall–Kier alpha value is -0.860. The lowest BCUT2D eigenvalue weighted by Gasteiger charge is -2.25. The van der Waals surface area contributed by atoms with Crippen molar-refractivity contribution in [2.24, 2.45) is 5.92 Å². The minimum absolute atomic E-state index is 0.728. The van der Waals surface area contributed by atoms with Crippen LogP contribution in [0, 0.1) is 5.92 Å². The van der Waals surface area contributed by atoms with Crippen molar-refractivity contribution in [1.29, 1.82) is 0 Å². The third kappa shape index (κ3) is 3.95. The van der Waals surface area contributed by atoms with Crippen molar-refractivity contribution < 1.29 is 4.74 Å². The highest BCUT2D eigenvalue weighted by Crippen LogP contribution is 2.24. The van der Waals surface area contributed by atoms with E-state index in [1.165, 1.54) is 31.4 Å². The van der Waals surface area contributed by atoms with Gasteiger partial charge in [0.15, 0.2) is 0 Å². The van der Waals surface area contributed by atoms with E-state index in [0.717, 1.165) is 25.7 Å². The van der Waals surface area contributed by atoms with Gasteiger partial charge in [-0.3, -0.25) is 0 Å². The molecule has 0 amide bonds. The van der Waals surface area contributed by atoms with Crippen LogP contribution in [-0.2, 0) is 11.3 Å². The normalized spacial score (nSPS) is 16.0. The van der Waals surface area contributed by atoms with Gasteiger partial charge < -0.3 is 10.1 Å². The van der Waals surface area contributed by atoms with Crippen LogP contribution in [0.2, 0.25) is 0 Å². The molecule has 1 aliphatic carbocycles. The summed E-state index contributed by atoms with van der Waals surface area (Å²) in [5.74, 6) is 0.939. The Morgan fingerprint density at radius 2 is 2.00 bits per heavy atom. The van der Waals surface area contributed by atoms with Gasteiger partial charge in [0.2, 0.25) is 0 Å². The molecule has 0 saturated heterocycles. The maximum atomic E-state index is 5.59. The second kappa shape index (κ2) is 6.66. The fourth-order valence-electron chi connectivity index (χ4n) is 1.91. The van der Waals surface area contributed by atoms with Crippen LogP contribution in [0.5, 0.6) is 0 Å². The van der Waals surface area contributed by atoms with Crippen molar-refractivity contribution in [3.05, 3.63) is 35.9 Å². The Labute approximate surface area is 98.0 Å². The van der Waals surface area contributed by atoms with Crippen LogP contribution in [0.1, 0.15) is 24.8 Å². The van der Waals surface area contributed by atoms with Gasteiger partial charge in [0.05, 0.1) is 13.2 Å². The molecule has 0 aromatic heterocycles. The molecular weight excluding hydrogens is 198 g/mol. The average molecular weight is 219 g/mol. The predicted molar refractivity (Wildman–Crippen MR) is 66.3 cm³/mol. The van der Waals surface area contributed by atoms with Gasteiger partial charge in [-0.25, -0.2) is 0 Å². The van der Waals surface area contributed by atoms with E-state index in [4.69, 9.17) is 4.74 Å². The smallest absolute Gasteiger partial charge is 0.0717 e. The molecule has 88 valence electrons. The molecule has 0 atom stereocenters. The minimum atomic E-state index is 0.728. The zero-order valence-corrected chi connectivity index (χ0v) is 9.82. The summed E-state index contributed by atoms with van der Waals surface area (Å²) in [4.78, 5) is 0. The van der Waals surface area contributed by atoms with Gasteiger partial charge >= 0.3 is 0 Å². The highest BCUT2D eigenvalue weighted by molar-refractivity contribution is 5.13. The van der Waals surface area contributed by atoms with E-state index >= 15 is 0 Å². The van der Waals surface area contributed by atoms with E-state index in [1.54, 1.807) is 0 Å². The lowest BCUT2D eigenvalue weighted by atomic mass is 9.85. The van der Waals surface area contributed by atoms with Crippen molar-refractivity contribution in [2.45, 2.75) is 25.9 Å². The molecule has 0 spiro atoms. The fourth-order valence-corrected chi connectivity index (χ4v) is 1.91. The summed E-state index contributed by atoms with van der Waals surface area (Å²) in [6, 6.07) is 10.3. The van der Waals surface area contributed by atoms with Crippen molar-refractivity contribution in [3.8, 4) is 0 Å². The molecule has 1 saturated carbocycles. The standard InChI is InChI=1S/C14H21NO/c1-2-5-14(6-3-1)12-16-10-9-15-11-13-7-4-8-13/h1-3,5-6,13,15H,4,7-12H2. The van der Waals surface area contributed by atoms with Gasteiger partial charge in [0, 0.05) is 6.54 Å². The largest absolute Gasteiger partial charge is 0.375 e. The first-order valence-electron chi connectivity index (χ1n) is 6.27. The van der Waals surface area contributed by atoms with Crippen LogP contribution in [-0.4, -0.2) is 19.7 Å². The Morgan fingerprint density at radius 1 is 1.19 bits per heavy atom. The average Bonchev–Trinajstić information content (AvgIpc) is 2.27. The molecule has 0 unspecified atom stereocenters. The summed E-state index contributed by atoms with van der Waals surface area (Å²) in [6.45, 7) is 3.69. The SMILES string of the molecule is c1ccc(COCCNCC2CCC2)cc1. The Kier molecular flexibility index (Phi) is 4.84. The Morgan fingerprint density at radius 3 is 2.69 bits per heavy atom. The molecule has 1 aromatic carbocycles. The lowest BCUT2D eigenvalue weighted by Crippen LogP contribution is -2.29. The van der Waals surface area contributed by atoms with Gasteiger partial charge in [-0.05, 0) is 30.9 Å². The minimum Gasteiger partial charge on any atom is -0.375 e. The number of ether oxygens (including phenoxy) is 1. The van der Waals surface area contributed by atoms with Crippen molar-refractivity contribution >= 4 is 0 Å². The zero-order valence-electron chi connectivity index (χ0n) is 9.82. The van der Waals surface area contributed by atoms with E-state index in [-0.39, 0.29) is 0 Å². The first-order chi connectivity index (χ1) is 7.95. The molecule has 0 radical (unpaired) electrons. The van der Waals surface area contributed by atoms with Gasteiger partial charge in [0.1, 0.15) is 0 Å². The number of nitrogens with one attached hydrogen (secondary N) is 1. The van der Waals surface area contributed by atoms with Gasteiger partial charge in [0.25, 0.3) is 0 Å². The highest BCUT2D eigenvalue weighted by atomic mass is 16.5. The molecule has 0 bridgehead atoms. The van der Waals surface area contributed by atoms with Crippen molar-refractivity contribution in [3.63, 3.8) is 0 Å². The quantitative estimate of drug-likeness (QED) is 0.712. The maximum absolute atomic E-state index is 5.59. The molecule has 1 N–H and O–H groups in total. The zero-order chi connectivity index (χ0) is 11.1. The predicted octanol–water partition coefficient (Wildman–Crippen LogP) is 2.59. The number of rotatable bonds is 7. The molecule has 0 heterocycles. The number of hydrogen-bond donors (Lipinski definition) is 1. The Bertz CT molecular complexity index is 282. The summed E-state index contributed by atoms with van der Waals surface area (Å²) in [5.41, 5.74) is 1.25. The van der Waals surface area contributed by atoms with E-state index < -0.39 is 0 Å². The topological polar surface area (TPSA) is 21.3 Å². The van der Waals surface area contributed by atoms with E-state index in [0.29, 0.717) is 0 Å². The molecule has 1 aromatic rings. The Balaban J connectivity index is 1.45. The van der Waals surface area contributed by atoms with Crippen LogP contribution >= 0.6 is 0 Å². The van der Waals surface area contributed by atoms with E-state index in [1.807, 2.05) is 18.2 Å². The number of benzene rings is 1. The van der Waals surface area contributed by atoms with Gasteiger partial charge in [-0.15, -0.1) is 0 Å². The summed E-state index contributed by atoms with van der Waals surface area (Å²) < 4.78 is 5.59. The van der Waals surface area contributed by atoms with Gasteiger partial charge in [-0.1, -0.05) is 36.8 Å². The molecule has 1 aliphatic rings. The first kappa shape index (κ1) is 11.6. The van der Waals surface area contributed by atoms with Crippen LogP contribution in [0.15, 0.2) is 30.3 Å². The molecular formula is C14H21NO. The maximum Gasteiger partial charge on any atom is 0.0717 e. The lowest BCUT2D eigenvalue weighted by molar-refractivity contribution is 0.121.